The van der Waals surface area contributed by atoms with E-state index in [1.807, 2.05) is 66.2 Å². The van der Waals surface area contributed by atoms with Crippen LogP contribution in [-0.4, -0.2) is 44.7 Å². The number of rotatable bonds is 8. The number of aromatic amines is 1. The summed E-state index contributed by atoms with van der Waals surface area (Å²) in [4.78, 5) is 15.4. The van der Waals surface area contributed by atoms with Crippen LogP contribution >= 0.6 is 11.8 Å². The van der Waals surface area contributed by atoms with Gasteiger partial charge >= 0.3 is 0 Å². The summed E-state index contributed by atoms with van der Waals surface area (Å²) in [5.41, 5.74) is 5.45. The number of carbonyl (C=O) groups excluding carboxylic acids is 1. The summed E-state index contributed by atoms with van der Waals surface area (Å²) < 4.78 is 7.19. The second-order valence-electron chi connectivity index (χ2n) is 6.65. The number of hydrogen-bond acceptors (Lipinski definition) is 6. The van der Waals surface area contributed by atoms with Gasteiger partial charge < -0.3 is 14.3 Å². The van der Waals surface area contributed by atoms with Crippen LogP contribution in [0.2, 0.25) is 0 Å². The Morgan fingerprint density at radius 1 is 1.23 bits per heavy atom. The molecule has 4 aromatic rings. The Morgan fingerprint density at radius 2 is 2.03 bits per heavy atom. The van der Waals surface area contributed by atoms with Gasteiger partial charge in [-0.3, -0.25) is 4.79 Å². The molecule has 2 N–H and O–H groups in total. The molecule has 0 aliphatic rings. The summed E-state index contributed by atoms with van der Waals surface area (Å²) in [7, 11) is 1.63. The number of hydrazone groups is 1. The average molecular weight is 435 g/mol. The molecule has 0 spiro atoms. The number of fused-ring (bicyclic) bond motifs is 1. The molecule has 0 fully saturated rings. The summed E-state index contributed by atoms with van der Waals surface area (Å²) in [5, 5.41) is 14.4. The molecule has 158 valence electrons. The first kappa shape index (κ1) is 20.7. The van der Waals surface area contributed by atoms with Crippen LogP contribution in [-0.2, 0) is 11.3 Å². The fourth-order valence-corrected chi connectivity index (χ4v) is 3.97. The smallest absolute Gasteiger partial charge is 0.250 e. The monoisotopic (exact) mass is 434 g/mol. The van der Waals surface area contributed by atoms with Crippen LogP contribution in [0, 0.1) is 0 Å². The molecular weight excluding hydrogens is 412 g/mol. The van der Waals surface area contributed by atoms with E-state index in [1.165, 1.54) is 11.8 Å². The van der Waals surface area contributed by atoms with Gasteiger partial charge in [-0.2, -0.15) is 5.10 Å². The molecule has 0 aliphatic carbocycles. The highest BCUT2D eigenvalue weighted by Crippen LogP contribution is 2.25. The Hall–Kier alpha value is -3.59. The normalized spacial score (nSPS) is 11.3. The molecule has 31 heavy (non-hydrogen) atoms. The molecule has 1 amide bonds. The third-order valence-electron chi connectivity index (χ3n) is 4.73. The summed E-state index contributed by atoms with van der Waals surface area (Å²) in [6, 6.07) is 15.6. The minimum Gasteiger partial charge on any atom is -0.497 e. The van der Waals surface area contributed by atoms with Crippen LogP contribution in [0.3, 0.4) is 0 Å². The lowest BCUT2D eigenvalue weighted by Gasteiger charge is -2.07. The number of H-pyrrole nitrogens is 1. The Kier molecular flexibility index (Phi) is 6.32. The fraction of sp³-hybridized carbons (Fsp3) is 0.182. The number of para-hydroxylation sites is 1. The number of ether oxygens (including phenoxy) is 1. The van der Waals surface area contributed by atoms with Crippen LogP contribution in [0.5, 0.6) is 5.75 Å². The van der Waals surface area contributed by atoms with Gasteiger partial charge in [0.25, 0.3) is 5.91 Å². The molecule has 0 aliphatic heterocycles. The van der Waals surface area contributed by atoms with Crippen molar-refractivity contribution in [1.29, 1.82) is 0 Å². The highest BCUT2D eigenvalue weighted by molar-refractivity contribution is 7.99. The van der Waals surface area contributed by atoms with Gasteiger partial charge in [-0.15, -0.1) is 10.2 Å². The Labute approximate surface area is 183 Å². The SMILES string of the molecule is CCn1c(SCC(=O)N/N=C/c2c[nH]c3ccccc23)nnc1-c1ccc(OC)cc1. The maximum Gasteiger partial charge on any atom is 0.250 e. The Balaban J connectivity index is 1.37. The van der Waals surface area contributed by atoms with Gasteiger partial charge in [-0.25, -0.2) is 5.43 Å². The average Bonchev–Trinajstić information content (AvgIpc) is 3.41. The highest BCUT2D eigenvalue weighted by Gasteiger charge is 2.14. The van der Waals surface area contributed by atoms with E-state index in [4.69, 9.17) is 4.74 Å². The van der Waals surface area contributed by atoms with Crippen LogP contribution < -0.4 is 10.2 Å². The molecule has 0 radical (unpaired) electrons. The zero-order valence-electron chi connectivity index (χ0n) is 17.2. The van der Waals surface area contributed by atoms with Gasteiger partial charge in [0.2, 0.25) is 0 Å². The molecule has 9 heteroatoms. The second kappa shape index (κ2) is 9.48. The van der Waals surface area contributed by atoms with Crippen LogP contribution in [0.15, 0.2) is 65.0 Å². The van der Waals surface area contributed by atoms with Crippen molar-refractivity contribution in [2.75, 3.05) is 12.9 Å². The zero-order chi connectivity index (χ0) is 21.6. The third-order valence-corrected chi connectivity index (χ3v) is 5.69. The molecule has 0 saturated heterocycles. The first-order valence-electron chi connectivity index (χ1n) is 9.78. The lowest BCUT2D eigenvalue weighted by atomic mass is 10.2. The summed E-state index contributed by atoms with van der Waals surface area (Å²) in [6.07, 6.45) is 3.50. The minimum absolute atomic E-state index is 0.186. The van der Waals surface area contributed by atoms with Crippen molar-refractivity contribution in [1.82, 2.24) is 25.2 Å². The van der Waals surface area contributed by atoms with E-state index < -0.39 is 0 Å². The van der Waals surface area contributed by atoms with Crippen LogP contribution in [0.1, 0.15) is 12.5 Å². The van der Waals surface area contributed by atoms with Gasteiger partial charge in [0, 0.05) is 34.8 Å². The Morgan fingerprint density at radius 3 is 2.81 bits per heavy atom. The first-order valence-corrected chi connectivity index (χ1v) is 10.8. The summed E-state index contributed by atoms with van der Waals surface area (Å²) >= 11 is 1.33. The molecule has 0 unspecified atom stereocenters. The standard InChI is InChI=1S/C22H22N6O2S/c1-3-28-21(15-8-10-17(30-2)11-9-15)26-27-22(28)31-14-20(29)25-24-13-16-12-23-19-7-5-4-6-18(16)19/h4-13,23H,3,14H2,1-2H3,(H,25,29)/b24-13+. The van der Waals surface area contributed by atoms with Gasteiger partial charge in [0.15, 0.2) is 11.0 Å². The van der Waals surface area contributed by atoms with E-state index in [0.29, 0.717) is 11.7 Å². The van der Waals surface area contributed by atoms with Gasteiger partial charge in [0.1, 0.15) is 5.75 Å². The lowest BCUT2D eigenvalue weighted by Crippen LogP contribution is -2.20. The topological polar surface area (TPSA) is 97.2 Å². The van der Waals surface area contributed by atoms with E-state index in [2.05, 4.69) is 25.7 Å². The van der Waals surface area contributed by atoms with Crippen molar-refractivity contribution in [2.24, 2.45) is 5.10 Å². The lowest BCUT2D eigenvalue weighted by molar-refractivity contribution is -0.118. The van der Waals surface area contributed by atoms with E-state index in [0.717, 1.165) is 33.6 Å². The number of hydrogen-bond donors (Lipinski definition) is 2. The number of benzene rings is 2. The summed E-state index contributed by atoms with van der Waals surface area (Å²) in [5.74, 6) is 1.51. The van der Waals surface area contributed by atoms with Crippen molar-refractivity contribution in [2.45, 2.75) is 18.6 Å². The van der Waals surface area contributed by atoms with Gasteiger partial charge in [-0.05, 0) is 37.3 Å². The molecular formula is C22H22N6O2S. The van der Waals surface area contributed by atoms with Crippen molar-refractivity contribution in [3.05, 3.63) is 60.3 Å². The highest BCUT2D eigenvalue weighted by atomic mass is 32.2. The van der Waals surface area contributed by atoms with Crippen molar-refractivity contribution < 1.29 is 9.53 Å². The minimum atomic E-state index is -0.210. The molecule has 0 bridgehead atoms. The Bertz CT molecular complexity index is 1210. The quantitative estimate of drug-likeness (QED) is 0.250. The van der Waals surface area contributed by atoms with Gasteiger partial charge in [-0.1, -0.05) is 30.0 Å². The molecule has 4 rings (SSSR count). The molecule has 8 nitrogen and oxygen atoms in total. The van der Waals surface area contributed by atoms with Crippen molar-refractivity contribution in [3.8, 4) is 17.1 Å². The number of nitrogens with zero attached hydrogens (tertiary/aromatic N) is 4. The number of methoxy groups -OCH3 is 1. The molecule has 2 aromatic heterocycles. The fourth-order valence-electron chi connectivity index (χ4n) is 3.17. The van der Waals surface area contributed by atoms with Crippen molar-refractivity contribution >= 4 is 34.8 Å². The van der Waals surface area contributed by atoms with Gasteiger partial charge in [0.05, 0.1) is 19.1 Å². The van der Waals surface area contributed by atoms with Crippen molar-refractivity contribution in [3.63, 3.8) is 0 Å². The number of amides is 1. The molecule has 2 heterocycles. The maximum absolute atomic E-state index is 12.2. The predicted molar refractivity (Wildman–Crippen MR) is 122 cm³/mol. The van der Waals surface area contributed by atoms with Crippen LogP contribution in [0.25, 0.3) is 22.3 Å². The molecule has 0 saturated carbocycles. The predicted octanol–water partition coefficient (Wildman–Crippen LogP) is 3.70. The second-order valence-corrected chi connectivity index (χ2v) is 7.59. The molecule has 2 aromatic carbocycles. The number of aromatic nitrogens is 4. The summed E-state index contributed by atoms with van der Waals surface area (Å²) in [6.45, 7) is 2.71. The number of nitrogens with one attached hydrogen (secondary N) is 2. The molecule has 0 atom stereocenters. The van der Waals surface area contributed by atoms with E-state index in [9.17, 15) is 4.79 Å². The zero-order valence-corrected chi connectivity index (χ0v) is 18.0. The third kappa shape index (κ3) is 4.61. The number of carbonyl (C=O) groups is 1. The maximum atomic E-state index is 12.2. The van der Waals surface area contributed by atoms with Crippen LogP contribution in [0.4, 0.5) is 0 Å². The number of thioether (sulfide) groups is 1. The first-order chi connectivity index (χ1) is 15.2. The van der Waals surface area contributed by atoms with E-state index in [-0.39, 0.29) is 11.7 Å². The largest absolute Gasteiger partial charge is 0.497 e. The van der Waals surface area contributed by atoms with E-state index in [1.54, 1.807) is 13.3 Å². The van der Waals surface area contributed by atoms with E-state index >= 15 is 0 Å².